The van der Waals surface area contributed by atoms with Crippen molar-refractivity contribution in [2.75, 3.05) is 4.90 Å². The normalized spacial score (nSPS) is 11.2. The number of benzene rings is 2. The number of hydrogen-bond acceptors (Lipinski definition) is 1. The third-order valence-electron chi connectivity index (χ3n) is 2.93. The van der Waals surface area contributed by atoms with Gasteiger partial charge in [0.1, 0.15) is 0 Å². The lowest BCUT2D eigenvalue weighted by molar-refractivity contribution is -0.125. The summed E-state index contributed by atoms with van der Waals surface area (Å²) in [5.41, 5.74) is 1.15. The molecule has 2 nitrogen and oxygen atoms in total. The molecule has 0 aromatic heterocycles. The van der Waals surface area contributed by atoms with E-state index in [0.717, 1.165) is 11.4 Å². The van der Waals surface area contributed by atoms with Crippen LogP contribution in [0.25, 0.3) is 0 Å². The Hall–Kier alpha value is -1.80. The first-order valence-corrected chi connectivity index (χ1v) is 6.92. The smallest absolute Gasteiger partial charge is 0.236 e. The molecule has 0 bridgehead atoms. The highest BCUT2D eigenvalue weighted by molar-refractivity contribution is 6.31. The van der Waals surface area contributed by atoms with Crippen molar-refractivity contribution in [3.63, 3.8) is 0 Å². The summed E-state index contributed by atoms with van der Waals surface area (Å²) in [5, 5.41) is 0.616. The molecule has 0 fully saturated rings. The average molecular weight is 288 g/mol. The second-order valence-electron chi connectivity index (χ2n) is 5.71. The molecule has 2 aromatic rings. The standard InChI is InChI=1S/C17H18ClNO/c1-17(2,3)16(20)19(14-9-5-4-6-10-14)15-11-7-8-13(18)12-15/h4-12H,1-3H3. The van der Waals surface area contributed by atoms with Gasteiger partial charge in [0.25, 0.3) is 0 Å². The molecule has 0 saturated carbocycles. The van der Waals surface area contributed by atoms with Gasteiger partial charge in [-0.25, -0.2) is 0 Å². The SMILES string of the molecule is CC(C)(C)C(=O)N(c1ccccc1)c1cccc(Cl)c1. The van der Waals surface area contributed by atoms with E-state index in [1.807, 2.05) is 63.2 Å². The maximum absolute atomic E-state index is 12.8. The van der Waals surface area contributed by atoms with Gasteiger partial charge in [0, 0.05) is 16.1 Å². The van der Waals surface area contributed by atoms with E-state index >= 15 is 0 Å². The second-order valence-corrected chi connectivity index (χ2v) is 6.14. The first-order chi connectivity index (χ1) is 9.39. The number of carbonyl (C=O) groups is 1. The number of halogens is 1. The van der Waals surface area contributed by atoms with Crippen LogP contribution in [0.2, 0.25) is 5.02 Å². The summed E-state index contributed by atoms with van der Waals surface area (Å²) in [5.74, 6) is 0.0333. The number of hydrogen-bond donors (Lipinski definition) is 0. The van der Waals surface area contributed by atoms with Crippen molar-refractivity contribution in [3.05, 3.63) is 59.6 Å². The molecule has 0 unspecified atom stereocenters. The zero-order chi connectivity index (χ0) is 14.8. The lowest BCUT2D eigenvalue weighted by Crippen LogP contribution is -2.36. The van der Waals surface area contributed by atoms with Crippen LogP contribution in [0.15, 0.2) is 54.6 Å². The lowest BCUT2D eigenvalue weighted by atomic mass is 9.94. The zero-order valence-electron chi connectivity index (χ0n) is 11.9. The molecule has 0 aliphatic rings. The maximum atomic E-state index is 12.8. The molecule has 3 heteroatoms. The van der Waals surface area contributed by atoms with Gasteiger partial charge >= 0.3 is 0 Å². The Morgan fingerprint density at radius 3 is 2.10 bits per heavy atom. The minimum atomic E-state index is -0.474. The van der Waals surface area contributed by atoms with Crippen LogP contribution in [0.4, 0.5) is 11.4 Å². The third-order valence-corrected chi connectivity index (χ3v) is 3.16. The summed E-state index contributed by atoms with van der Waals surface area (Å²) < 4.78 is 0. The number of rotatable bonds is 2. The quantitative estimate of drug-likeness (QED) is 0.757. The Labute approximate surface area is 125 Å². The molecule has 0 heterocycles. The fraction of sp³-hybridized carbons (Fsp3) is 0.235. The Kier molecular flexibility index (Phi) is 4.15. The van der Waals surface area contributed by atoms with Gasteiger partial charge in [0.2, 0.25) is 5.91 Å². The molecular formula is C17H18ClNO. The molecule has 0 spiro atoms. The van der Waals surface area contributed by atoms with Crippen molar-refractivity contribution in [1.82, 2.24) is 0 Å². The van der Waals surface area contributed by atoms with Crippen molar-refractivity contribution in [2.24, 2.45) is 5.41 Å². The fourth-order valence-corrected chi connectivity index (χ4v) is 2.10. The number of amides is 1. The van der Waals surface area contributed by atoms with Crippen molar-refractivity contribution >= 4 is 28.9 Å². The van der Waals surface area contributed by atoms with Crippen LogP contribution in [0.1, 0.15) is 20.8 Å². The summed E-state index contributed by atoms with van der Waals surface area (Å²) in [7, 11) is 0. The molecule has 0 radical (unpaired) electrons. The van der Waals surface area contributed by atoms with E-state index in [1.54, 1.807) is 17.0 Å². The predicted octanol–water partition coefficient (Wildman–Crippen LogP) is 5.05. The van der Waals surface area contributed by atoms with E-state index in [-0.39, 0.29) is 5.91 Å². The van der Waals surface area contributed by atoms with Crippen LogP contribution in [0.3, 0.4) is 0 Å². The fourth-order valence-electron chi connectivity index (χ4n) is 1.91. The van der Waals surface area contributed by atoms with Gasteiger partial charge in [0.15, 0.2) is 0 Å². The Bertz CT molecular complexity index is 602. The number of anilines is 2. The topological polar surface area (TPSA) is 20.3 Å². The Morgan fingerprint density at radius 2 is 1.55 bits per heavy atom. The van der Waals surface area contributed by atoms with Gasteiger partial charge < -0.3 is 0 Å². The van der Waals surface area contributed by atoms with E-state index in [2.05, 4.69) is 0 Å². The van der Waals surface area contributed by atoms with Gasteiger partial charge in [-0.3, -0.25) is 9.69 Å². The molecule has 20 heavy (non-hydrogen) atoms. The van der Waals surface area contributed by atoms with E-state index in [1.165, 1.54) is 0 Å². The molecule has 0 atom stereocenters. The Balaban J connectivity index is 2.53. The molecule has 2 aromatic carbocycles. The van der Waals surface area contributed by atoms with Crippen molar-refractivity contribution < 1.29 is 4.79 Å². The maximum Gasteiger partial charge on any atom is 0.236 e. The molecule has 2 rings (SSSR count). The van der Waals surface area contributed by atoms with E-state index < -0.39 is 5.41 Å². The van der Waals surface area contributed by atoms with E-state index in [4.69, 9.17) is 11.6 Å². The molecule has 104 valence electrons. The van der Waals surface area contributed by atoms with Crippen molar-refractivity contribution in [3.8, 4) is 0 Å². The van der Waals surface area contributed by atoms with E-state index in [0.29, 0.717) is 5.02 Å². The van der Waals surface area contributed by atoms with Crippen LogP contribution >= 0.6 is 11.6 Å². The molecule has 0 aliphatic heterocycles. The summed E-state index contributed by atoms with van der Waals surface area (Å²) in [6.45, 7) is 5.74. The predicted molar refractivity (Wildman–Crippen MR) is 84.5 cm³/mol. The largest absolute Gasteiger partial charge is 0.281 e. The lowest BCUT2D eigenvalue weighted by Gasteiger charge is -2.29. The highest BCUT2D eigenvalue weighted by atomic mass is 35.5. The highest BCUT2D eigenvalue weighted by Gasteiger charge is 2.29. The van der Waals surface area contributed by atoms with Crippen LogP contribution < -0.4 is 4.90 Å². The van der Waals surface area contributed by atoms with Gasteiger partial charge in [0.05, 0.1) is 5.69 Å². The molecule has 0 saturated heterocycles. The van der Waals surface area contributed by atoms with Crippen LogP contribution in [-0.4, -0.2) is 5.91 Å². The number of carbonyl (C=O) groups excluding carboxylic acids is 1. The highest BCUT2D eigenvalue weighted by Crippen LogP contribution is 2.32. The van der Waals surface area contributed by atoms with Crippen LogP contribution in [0.5, 0.6) is 0 Å². The van der Waals surface area contributed by atoms with Gasteiger partial charge in [-0.15, -0.1) is 0 Å². The van der Waals surface area contributed by atoms with Gasteiger partial charge in [-0.2, -0.15) is 0 Å². The zero-order valence-corrected chi connectivity index (χ0v) is 12.7. The summed E-state index contributed by atoms with van der Waals surface area (Å²) in [4.78, 5) is 14.5. The molecular weight excluding hydrogens is 270 g/mol. The number of para-hydroxylation sites is 1. The first-order valence-electron chi connectivity index (χ1n) is 6.55. The van der Waals surface area contributed by atoms with Crippen molar-refractivity contribution in [1.29, 1.82) is 0 Å². The van der Waals surface area contributed by atoms with Crippen LogP contribution in [-0.2, 0) is 4.79 Å². The molecule has 0 N–H and O–H groups in total. The molecule has 0 aliphatic carbocycles. The second kappa shape index (κ2) is 5.68. The Morgan fingerprint density at radius 1 is 0.950 bits per heavy atom. The van der Waals surface area contributed by atoms with Gasteiger partial charge in [-0.1, -0.05) is 56.6 Å². The third kappa shape index (κ3) is 3.20. The number of nitrogens with zero attached hydrogens (tertiary/aromatic N) is 1. The summed E-state index contributed by atoms with van der Waals surface area (Å²) in [6, 6.07) is 17.0. The monoisotopic (exact) mass is 287 g/mol. The average Bonchev–Trinajstić information content (AvgIpc) is 2.39. The first kappa shape index (κ1) is 14.6. The van der Waals surface area contributed by atoms with E-state index in [9.17, 15) is 4.79 Å². The minimum absolute atomic E-state index is 0.0333. The van der Waals surface area contributed by atoms with Crippen molar-refractivity contribution in [2.45, 2.75) is 20.8 Å². The van der Waals surface area contributed by atoms with Gasteiger partial charge in [-0.05, 0) is 30.3 Å². The van der Waals surface area contributed by atoms with Crippen LogP contribution in [0, 0.1) is 5.41 Å². The minimum Gasteiger partial charge on any atom is -0.281 e. The molecule has 1 amide bonds. The summed E-state index contributed by atoms with van der Waals surface area (Å²) >= 11 is 6.06. The summed E-state index contributed by atoms with van der Waals surface area (Å²) in [6.07, 6.45) is 0.